The first-order valence-electron chi connectivity index (χ1n) is 10.6. The second-order valence-electron chi connectivity index (χ2n) is 7.19. The van der Waals surface area contributed by atoms with Crippen molar-refractivity contribution in [3.63, 3.8) is 0 Å². The minimum atomic E-state index is -0.168. The summed E-state index contributed by atoms with van der Waals surface area (Å²) in [6.45, 7) is 3.06. The van der Waals surface area contributed by atoms with Gasteiger partial charge in [-0.05, 0) is 55.0 Å². The quantitative estimate of drug-likeness (QED) is 0.324. The molecular weight excluding hydrogens is 442 g/mol. The van der Waals surface area contributed by atoms with E-state index in [4.69, 9.17) is 30.5 Å². The third-order valence-electron chi connectivity index (χ3n) is 5.01. The number of halogens is 1. The average molecular weight is 466 g/mol. The smallest absolute Gasteiger partial charge is 0.256 e. The molecule has 3 aromatic carbocycles. The summed E-state index contributed by atoms with van der Waals surface area (Å²) in [5.74, 6) is 2.36. The molecule has 1 heterocycles. The van der Waals surface area contributed by atoms with Crippen LogP contribution in [0, 0.1) is 0 Å². The fourth-order valence-corrected chi connectivity index (χ4v) is 3.69. The number of fused-ring (bicyclic) bond motifs is 1. The molecule has 1 aliphatic rings. The summed E-state index contributed by atoms with van der Waals surface area (Å²) in [7, 11) is 1.60. The van der Waals surface area contributed by atoms with Crippen molar-refractivity contribution in [2.24, 2.45) is 0 Å². The molecule has 0 fully saturated rings. The van der Waals surface area contributed by atoms with Crippen molar-refractivity contribution < 1.29 is 23.7 Å². The third-order valence-corrected chi connectivity index (χ3v) is 5.25. The third kappa shape index (κ3) is 5.23. The molecule has 0 aromatic heterocycles. The molecule has 7 heteroatoms. The Hall–Kier alpha value is -3.64. The molecule has 1 aliphatic heterocycles. The predicted molar refractivity (Wildman–Crippen MR) is 130 cm³/mol. The van der Waals surface area contributed by atoms with E-state index in [1.54, 1.807) is 19.2 Å². The largest absolute Gasteiger partial charge is 0.493 e. The van der Waals surface area contributed by atoms with Gasteiger partial charge >= 0.3 is 0 Å². The molecule has 0 bridgehead atoms. The Kier molecular flexibility index (Phi) is 7.05. The van der Waals surface area contributed by atoms with Gasteiger partial charge in [-0.25, -0.2) is 0 Å². The molecule has 3 aromatic rings. The fraction of sp³-hybridized carbons (Fsp3) is 0.192. The van der Waals surface area contributed by atoms with Crippen LogP contribution in [0.1, 0.15) is 18.1 Å². The number of methoxy groups -OCH3 is 1. The first-order valence-corrected chi connectivity index (χ1v) is 10.9. The zero-order chi connectivity index (χ0) is 23.2. The summed E-state index contributed by atoms with van der Waals surface area (Å²) >= 11 is 6.04. The summed E-state index contributed by atoms with van der Waals surface area (Å²) < 4.78 is 22.7. The number of carbonyl (C=O) groups excluding carboxylic acids is 1. The van der Waals surface area contributed by atoms with Crippen LogP contribution in [0.15, 0.2) is 60.7 Å². The minimum Gasteiger partial charge on any atom is -0.493 e. The van der Waals surface area contributed by atoms with Crippen molar-refractivity contribution in [3.8, 4) is 23.0 Å². The molecule has 1 N–H and O–H groups in total. The normalized spacial score (nSPS) is 13.4. The van der Waals surface area contributed by atoms with Gasteiger partial charge in [-0.15, -0.1) is 0 Å². The Morgan fingerprint density at radius 1 is 0.879 bits per heavy atom. The average Bonchev–Trinajstić information content (AvgIpc) is 3.12. The van der Waals surface area contributed by atoms with Crippen LogP contribution in [0.4, 0.5) is 5.69 Å². The fourth-order valence-electron chi connectivity index (χ4n) is 3.52. The van der Waals surface area contributed by atoms with Gasteiger partial charge in [-0.1, -0.05) is 35.9 Å². The number of carbonyl (C=O) groups is 1. The van der Waals surface area contributed by atoms with Gasteiger partial charge < -0.3 is 24.3 Å². The number of rotatable bonds is 9. The molecule has 33 heavy (non-hydrogen) atoms. The maximum absolute atomic E-state index is 12.5. The van der Waals surface area contributed by atoms with E-state index in [-0.39, 0.29) is 5.91 Å². The van der Waals surface area contributed by atoms with Crippen molar-refractivity contribution in [3.05, 3.63) is 76.8 Å². The highest BCUT2D eigenvalue weighted by Crippen LogP contribution is 2.36. The number of anilines is 1. The van der Waals surface area contributed by atoms with E-state index in [0.29, 0.717) is 59.1 Å². The summed E-state index contributed by atoms with van der Waals surface area (Å²) in [5, 5.41) is 3.42. The van der Waals surface area contributed by atoms with Gasteiger partial charge in [0.1, 0.15) is 13.2 Å². The lowest BCUT2D eigenvalue weighted by atomic mass is 10.0. The molecule has 0 radical (unpaired) electrons. The number of hydrogen-bond donors (Lipinski definition) is 1. The van der Waals surface area contributed by atoms with Gasteiger partial charge in [-0.2, -0.15) is 0 Å². The Morgan fingerprint density at radius 3 is 2.33 bits per heavy atom. The minimum absolute atomic E-state index is 0.168. The first kappa shape index (κ1) is 22.6. The van der Waals surface area contributed by atoms with Crippen LogP contribution in [0.3, 0.4) is 0 Å². The van der Waals surface area contributed by atoms with Crippen LogP contribution in [0.2, 0.25) is 5.02 Å². The van der Waals surface area contributed by atoms with Gasteiger partial charge in [0.05, 0.1) is 19.4 Å². The van der Waals surface area contributed by atoms with Crippen LogP contribution in [-0.4, -0.2) is 32.8 Å². The molecule has 1 amide bonds. The van der Waals surface area contributed by atoms with Crippen molar-refractivity contribution in [1.29, 1.82) is 0 Å². The Morgan fingerprint density at radius 2 is 1.61 bits per heavy atom. The number of nitrogens with one attached hydrogen (secondary N) is 1. The van der Waals surface area contributed by atoms with E-state index in [9.17, 15) is 4.79 Å². The molecule has 6 nitrogen and oxygen atoms in total. The van der Waals surface area contributed by atoms with Crippen molar-refractivity contribution in [2.75, 3.05) is 32.2 Å². The highest BCUT2D eigenvalue weighted by Gasteiger charge is 2.24. The van der Waals surface area contributed by atoms with E-state index in [1.165, 1.54) is 0 Å². The number of hydrogen-bond acceptors (Lipinski definition) is 5. The molecule has 0 aliphatic carbocycles. The standard InChI is InChI=1S/C26H24ClNO5/c1-3-31-25-15-17(14-20-19-10-9-18(27)16-21(19)28-26(20)29)8-11-24(25)33-13-12-32-23-7-5-4-6-22(23)30-2/h4-11,14-16H,3,12-13H2,1-2H3,(H,28,29)/b20-14+. The van der Waals surface area contributed by atoms with E-state index >= 15 is 0 Å². The van der Waals surface area contributed by atoms with Gasteiger partial charge in [0.2, 0.25) is 0 Å². The molecule has 0 saturated heterocycles. The van der Waals surface area contributed by atoms with Gasteiger partial charge in [0.15, 0.2) is 23.0 Å². The second-order valence-corrected chi connectivity index (χ2v) is 7.63. The Balaban J connectivity index is 1.47. The van der Waals surface area contributed by atoms with E-state index < -0.39 is 0 Å². The highest BCUT2D eigenvalue weighted by atomic mass is 35.5. The topological polar surface area (TPSA) is 66.0 Å². The summed E-state index contributed by atoms with van der Waals surface area (Å²) in [6.07, 6.45) is 1.83. The summed E-state index contributed by atoms with van der Waals surface area (Å²) in [6, 6.07) is 18.4. The van der Waals surface area contributed by atoms with Crippen LogP contribution in [0.25, 0.3) is 11.6 Å². The Labute approximate surface area is 197 Å². The number of para-hydroxylation sites is 2. The lowest BCUT2D eigenvalue weighted by molar-refractivity contribution is -0.110. The van der Waals surface area contributed by atoms with Crippen molar-refractivity contribution in [1.82, 2.24) is 0 Å². The molecular formula is C26H24ClNO5. The van der Waals surface area contributed by atoms with Crippen molar-refractivity contribution in [2.45, 2.75) is 6.92 Å². The summed E-state index contributed by atoms with van der Waals surface area (Å²) in [4.78, 5) is 12.5. The van der Waals surface area contributed by atoms with Crippen LogP contribution < -0.4 is 24.3 Å². The maximum Gasteiger partial charge on any atom is 0.256 e. The lowest BCUT2D eigenvalue weighted by Crippen LogP contribution is -2.10. The highest BCUT2D eigenvalue weighted by molar-refractivity contribution is 6.36. The molecule has 4 rings (SSSR count). The molecule has 0 unspecified atom stereocenters. The predicted octanol–water partition coefficient (Wildman–Crippen LogP) is 5.70. The van der Waals surface area contributed by atoms with Gasteiger partial charge in [0.25, 0.3) is 5.91 Å². The van der Waals surface area contributed by atoms with Crippen molar-refractivity contribution >= 4 is 34.8 Å². The molecule has 0 atom stereocenters. The monoisotopic (exact) mass is 465 g/mol. The number of benzene rings is 3. The van der Waals surface area contributed by atoms with E-state index in [2.05, 4.69) is 5.32 Å². The zero-order valence-corrected chi connectivity index (χ0v) is 19.1. The van der Waals surface area contributed by atoms with E-state index in [1.807, 2.05) is 61.5 Å². The first-order chi connectivity index (χ1) is 16.1. The second kappa shape index (κ2) is 10.3. The lowest BCUT2D eigenvalue weighted by Gasteiger charge is -2.14. The van der Waals surface area contributed by atoms with Crippen LogP contribution in [-0.2, 0) is 4.79 Å². The maximum atomic E-state index is 12.5. The number of ether oxygens (including phenoxy) is 4. The van der Waals surface area contributed by atoms with Gasteiger partial charge in [0, 0.05) is 16.2 Å². The zero-order valence-electron chi connectivity index (χ0n) is 18.4. The Bertz CT molecular complexity index is 1190. The van der Waals surface area contributed by atoms with E-state index in [0.717, 1.165) is 11.1 Å². The van der Waals surface area contributed by atoms with Crippen LogP contribution in [0.5, 0.6) is 23.0 Å². The number of amides is 1. The van der Waals surface area contributed by atoms with Gasteiger partial charge in [-0.3, -0.25) is 4.79 Å². The molecule has 0 spiro atoms. The molecule has 170 valence electrons. The molecule has 0 saturated carbocycles. The summed E-state index contributed by atoms with van der Waals surface area (Å²) in [5.41, 5.74) is 2.92. The SMILES string of the molecule is CCOc1cc(/C=C2/C(=O)Nc3cc(Cl)ccc32)ccc1OCCOc1ccccc1OC. The van der Waals surface area contributed by atoms with Crippen LogP contribution >= 0.6 is 11.6 Å².